The molecule has 0 spiro atoms. The Kier molecular flexibility index (Phi) is 3.22. The summed E-state index contributed by atoms with van der Waals surface area (Å²) < 4.78 is 2.04. The molecule has 3 rings (SSSR count). The highest BCUT2D eigenvalue weighted by molar-refractivity contribution is 5.92. The normalized spacial score (nSPS) is 11.0. The SMILES string of the molecule is CCc1ccc(-n2c(C)nc3cc(C(=O)O)ccc32)cc1. The zero-order valence-corrected chi connectivity index (χ0v) is 12.0. The third-order valence-electron chi connectivity index (χ3n) is 3.67. The van der Waals surface area contributed by atoms with Crippen molar-refractivity contribution in [2.45, 2.75) is 20.3 Å². The third-order valence-corrected chi connectivity index (χ3v) is 3.67. The number of rotatable bonds is 3. The van der Waals surface area contributed by atoms with Crippen LogP contribution in [0.5, 0.6) is 0 Å². The van der Waals surface area contributed by atoms with Crippen LogP contribution in [0.1, 0.15) is 28.7 Å². The van der Waals surface area contributed by atoms with E-state index < -0.39 is 5.97 Å². The fourth-order valence-corrected chi connectivity index (χ4v) is 2.54. The largest absolute Gasteiger partial charge is 0.478 e. The quantitative estimate of drug-likeness (QED) is 0.797. The Morgan fingerprint density at radius 2 is 1.90 bits per heavy atom. The maximum Gasteiger partial charge on any atom is 0.335 e. The molecular weight excluding hydrogens is 264 g/mol. The second kappa shape index (κ2) is 5.05. The number of carbonyl (C=O) groups is 1. The van der Waals surface area contributed by atoms with E-state index in [0.717, 1.165) is 23.4 Å². The summed E-state index contributed by atoms with van der Waals surface area (Å²) in [6.07, 6.45) is 1.01. The summed E-state index contributed by atoms with van der Waals surface area (Å²) in [6, 6.07) is 13.4. The molecule has 1 N–H and O–H groups in total. The van der Waals surface area contributed by atoms with Crippen molar-refractivity contribution in [2.24, 2.45) is 0 Å². The molecule has 1 aromatic heterocycles. The molecule has 0 saturated heterocycles. The van der Waals surface area contributed by atoms with Gasteiger partial charge >= 0.3 is 5.97 Å². The molecule has 0 radical (unpaired) electrons. The standard InChI is InChI=1S/C17H16N2O2/c1-3-12-4-7-14(8-5-12)19-11(2)18-15-10-13(17(20)21)6-9-16(15)19/h4-10H,3H2,1-2H3,(H,20,21). The van der Waals surface area contributed by atoms with E-state index in [1.54, 1.807) is 12.1 Å². The van der Waals surface area contributed by atoms with Gasteiger partial charge in [-0.05, 0) is 49.2 Å². The van der Waals surface area contributed by atoms with Gasteiger partial charge in [0, 0.05) is 5.69 Å². The predicted octanol–water partition coefficient (Wildman–Crippen LogP) is 3.59. The molecular formula is C17H16N2O2. The topological polar surface area (TPSA) is 55.1 Å². The van der Waals surface area contributed by atoms with Gasteiger partial charge in [-0.15, -0.1) is 0 Å². The molecule has 3 aromatic rings. The highest BCUT2D eigenvalue weighted by atomic mass is 16.4. The first-order chi connectivity index (χ1) is 10.1. The Labute approximate surface area is 122 Å². The van der Waals surface area contributed by atoms with Gasteiger partial charge in [0.25, 0.3) is 0 Å². The van der Waals surface area contributed by atoms with Crippen molar-refractivity contribution in [3.05, 3.63) is 59.4 Å². The smallest absolute Gasteiger partial charge is 0.335 e. The van der Waals surface area contributed by atoms with Crippen molar-refractivity contribution < 1.29 is 9.90 Å². The molecule has 4 heteroatoms. The second-order valence-corrected chi connectivity index (χ2v) is 5.02. The van der Waals surface area contributed by atoms with E-state index in [1.165, 1.54) is 5.56 Å². The number of fused-ring (bicyclic) bond motifs is 1. The van der Waals surface area contributed by atoms with Gasteiger partial charge in [-0.2, -0.15) is 0 Å². The van der Waals surface area contributed by atoms with Gasteiger partial charge < -0.3 is 5.11 Å². The molecule has 0 saturated carbocycles. The Balaban J connectivity index is 2.17. The highest BCUT2D eigenvalue weighted by Gasteiger charge is 2.11. The number of aromatic carboxylic acids is 1. The van der Waals surface area contributed by atoms with E-state index in [0.29, 0.717) is 5.52 Å². The molecule has 0 bridgehead atoms. The fraction of sp³-hybridized carbons (Fsp3) is 0.176. The molecule has 0 atom stereocenters. The highest BCUT2D eigenvalue weighted by Crippen LogP contribution is 2.22. The first-order valence-electron chi connectivity index (χ1n) is 6.92. The van der Waals surface area contributed by atoms with Crippen molar-refractivity contribution >= 4 is 17.0 Å². The van der Waals surface area contributed by atoms with Crippen LogP contribution in [-0.4, -0.2) is 20.6 Å². The van der Waals surface area contributed by atoms with E-state index in [1.807, 2.05) is 17.6 Å². The van der Waals surface area contributed by atoms with Crippen LogP contribution in [0.15, 0.2) is 42.5 Å². The molecule has 0 amide bonds. The van der Waals surface area contributed by atoms with Gasteiger partial charge in [0.05, 0.1) is 16.6 Å². The fourth-order valence-electron chi connectivity index (χ4n) is 2.54. The average molecular weight is 280 g/mol. The molecule has 0 aliphatic rings. The van der Waals surface area contributed by atoms with E-state index >= 15 is 0 Å². The minimum Gasteiger partial charge on any atom is -0.478 e. The van der Waals surface area contributed by atoms with Gasteiger partial charge in [-0.25, -0.2) is 9.78 Å². The number of nitrogens with zero attached hydrogens (tertiary/aromatic N) is 2. The molecule has 0 aliphatic carbocycles. The van der Waals surface area contributed by atoms with E-state index in [4.69, 9.17) is 5.11 Å². The summed E-state index contributed by atoms with van der Waals surface area (Å²) in [7, 11) is 0. The van der Waals surface area contributed by atoms with Crippen LogP contribution >= 0.6 is 0 Å². The van der Waals surface area contributed by atoms with Crippen molar-refractivity contribution in [3.8, 4) is 5.69 Å². The number of hydrogen-bond acceptors (Lipinski definition) is 2. The van der Waals surface area contributed by atoms with Gasteiger partial charge in [0.1, 0.15) is 5.82 Å². The minimum absolute atomic E-state index is 0.258. The number of carboxylic acids is 1. The van der Waals surface area contributed by atoms with Crippen molar-refractivity contribution in [2.75, 3.05) is 0 Å². The van der Waals surface area contributed by atoms with Crippen molar-refractivity contribution in [1.82, 2.24) is 9.55 Å². The summed E-state index contributed by atoms with van der Waals surface area (Å²) >= 11 is 0. The molecule has 2 aromatic carbocycles. The number of carboxylic acid groups (broad SMARTS) is 1. The Bertz CT molecular complexity index is 817. The molecule has 0 fully saturated rings. The van der Waals surface area contributed by atoms with E-state index in [2.05, 4.69) is 36.2 Å². The molecule has 106 valence electrons. The number of hydrogen-bond donors (Lipinski definition) is 1. The summed E-state index contributed by atoms with van der Waals surface area (Å²) in [5, 5.41) is 9.06. The summed E-state index contributed by atoms with van der Waals surface area (Å²) in [6.45, 7) is 4.05. The zero-order chi connectivity index (χ0) is 15.0. The minimum atomic E-state index is -0.934. The van der Waals surface area contributed by atoms with Crippen LogP contribution < -0.4 is 0 Å². The maximum atomic E-state index is 11.0. The average Bonchev–Trinajstić information content (AvgIpc) is 2.82. The Morgan fingerprint density at radius 3 is 2.52 bits per heavy atom. The Hall–Kier alpha value is -2.62. The number of benzene rings is 2. The van der Waals surface area contributed by atoms with Crippen LogP contribution in [0, 0.1) is 6.92 Å². The molecule has 0 unspecified atom stereocenters. The molecule has 21 heavy (non-hydrogen) atoms. The number of aryl methyl sites for hydroxylation is 2. The van der Waals surface area contributed by atoms with E-state index in [-0.39, 0.29) is 5.56 Å². The first kappa shape index (κ1) is 13.4. The van der Waals surface area contributed by atoms with Gasteiger partial charge in [-0.3, -0.25) is 4.57 Å². The molecule has 0 aliphatic heterocycles. The van der Waals surface area contributed by atoms with Gasteiger partial charge in [0.15, 0.2) is 0 Å². The number of aromatic nitrogens is 2. The lowest BCUT2D eigenvalue weighted by molar-refractivity contribution is 0.0697. The van der Waals surface area contributed by atoms with Crippen LogP contribution in [0.4, 0.5) is 0 Å². The first-order valence-corrected chi connectivity index (χ1v) is 6.92. The van der Waals surface area contributed by atoms with E-state index in [9.17, 15) is 4.79 Å². The summed E-state index contributed by atoms with van der Waals surface area (Å²) in [4.78, 5) is 15.5. The van der Waals surface area contributed by atoms with Crippen LogP contribution in [0.25, 0.3) is 16.7 Å². The lowest BCUT2D eigenvalue weighted by Crippen LogP contribution is -1.98. The van der Waals surface area contributed by atoms with Gasteiger partial charge in [0.2, 0.25) is 0 Å². The third kappa shape index (κ3) is 2.29. The number of imidazole rings is 1. The Morgan fingerprint density at radius 1 is 1.19 bits per heavy atom. The summed E-state index contributed by atoms with van der Waals surface area (Å²) in [5.41, 5.74) is 4.20. The summed E-state index contributed by atoms with van der Waals surface area (Å²) in [5.74, 6) is -0.0896. The van der Waals surface area contributed by atoms with Gasteiger partial charge in [-0.1, -0.05) is 19.1 Å². The zero-order valence-electron chi connectivity index (χ0n) is 12.0. The van der Waals surface area contributed by atoms with Crippen LogP contribution in [0.3, 0.4) is 0 Å². The van der Waals surface area contributed by atoms with Crippen LogP contribution in [-0.2, 0) is 6.42 Å². The molecule has 4 nitrogen and oxygen atoms in total. The molecule has 1 heterocycles. The predicted molar refractivity (Wildman–Crippen MR) is 82.1 cm³/mol. The monoisotopic (exact) mass is 280 g/mol. The lowest BCUT2D eigenvalue weighted by atomic mass is 10.1. The van der Waals surface area contributed by atoms with Crippen molar-refractivity contribution in [1.29, 1.82) is 0 Å². The van der Waals surface area contributed by atoms with Crippen molar-refractivity contribution in [3.63, 3.8) is 0 Å². The van der Waals surface area contributed by atoms with Crippen LogP contribution in [0.2, 0.25) is 0 Å². The lowest BCUT2D eigenvalue weighted by Gasteiger charge is -2.08. The maximum absolute atomic E-state index is 11.0. The second-order valence-electron chi connectivity index (χ2n) is 5.02.